The number of methoxy groups -OCH3 is 1. The van der Waals surface area contributed by atoms with Crippen LogP contribution in [0.4, 0.5) is 0 Å². The quantitative estimate of drug-likeness (QED) is 0.857. The van der Waals surface area contributed by atoms with Crippen molar-refractivity contribution >= 4 is 22.6 Å². The van der Waals surface area contributed by atoms with Crippen molar-refractivity contribution in [2.24, 2.45) is 0 Å². The van der Waals surface area contributed by atoms with Gasteiger partial charge in [0.05, 0.1) is 15.9 Å². The fourth-order valence-corrected chi connectivity index (χ4v) is 2.38. The van der Waals surface area contributed by atoms with E-state index in [1.54, 1.807) is 7.11 Å². The molecule has 1 heterocycles. The maximum absolute atomic E-state index is 11.8. The summed E-state index contributed by atoms with van der Waals surface area (Å²) < 4.78 is 5.82. The van der Waals surface area contributed by atoms with Crippen LogP contribution in [0.5, 0.6) is 0 Å². The van der Waals surface area contributed by atoms with E-state index < -0.39 is 0 Å². The van der Waals surface area contributed by atoms with Crippen LogP contribution in [0.1, 0.15) is 43.1 Å². The van der Waals surface area contributed by atoms with Gasteiger partial charge in [-0.25, -0.2) is 4.98 Å². The van der Waals surface area contributed by atoms with Crippen molar-refractivity contribution in [1.82, 2.24) is 9.97 Å². The van der Waals surface area contributed by atoms with Crippen molar-refractivity contribution in [3.63, 3.8) is 0 Å². The Kier molecular flexibility index (Phi) is 3.63. The fraction of sp³-hybridized carbons (Fsp3) is 0.636. The number of rotatable bonds is 4. The van der Waals surface area contributed by atoms with Gasteiger partial charge in [-0.05, 0) is 35.4 Å². The van der Waals surface area contributed by atoms with Crippen LogP contribution in [-0.2, 0) is 4.74 Å². The fourth-order valence-electron chi connectivity index (χ4n) is 1.68. The minimum atomic E-state index is -0.0181. The highest BCUT2D eigenvalue weighted by Crippen LogP contribution is 2.40. The smallest absolute Gasteiger partial charge is 0.264 e. The van der Waals surface area contributed by atoms with E-state index in [1.165, 1.54) is 0 Å². The summed E-state index contributed by atoms with van der Waals surface area (Å²) in [5, 5.41) is 0. The van der Waals surface area contributed by atoms with E-state index in [1.807, 2.05) is 6.92 Å². The van der Waals surface area contributed by atoms with Crippen LogP contribution in [0.25, 0.3) is 0 Å². The number of nitrogens with zero attached hydrogens (tertiary/aromatic N) is 1. The first-order valence-corrected chi connectivity index (χ1v) is 6.50. The molecule has 16 heavy (non-hydrogen) atoms. The molecule has 0 aliphatic heterocycles. The lowest BCUT2D eigenvalue weighted by atomic mass is 10.1. The zero-order valence-electron chi connectivity index (χ0n) is 9.42. The molecule has 1 N–H and O–H groups in total. The average molecular weight is 334 g/mol. The molecule has 5 heteroatoms. The summed E-state index contributed by atoms with van der Waals surface area (Å²) in [5.41, 5.74) is 0.956. The van der Waals surface area contributed by atoms with E-state index in [4.69, 9.17) is 4.74 Å². The normalized spacial score (nSPS) is 17.4. The lowest BCUT2D eigenvalue weighted by molar-refractivity contribution is 0.181. The molecule has 0 amide bonds. The maximum atomic E-state index is 11.8. The van der Waals surface area contributed by atoms with Gasteiger partial charge in [0.15, 0.2) is 0 Å². The van der Waals surface area contributed by atoms with Gasteiger partial charge in [0, 0.05) is 18.9 Å². The van der Waals surface area contributed by atoms with Crippen LogP contribution >= 0.6 is 22.6 Å². The van der Waals surface area contributed by atoms with Gasteiger partial charge < -0.3 is 9.72 Å². The zero-order valence-corrected chi connectivity index (χ0v) is 11.6. The molecule has 1 unspecified atom stereocenters. The molecule has 88 valence electrons. The van der Waals surface area contributed by atoms with Crippen LogP contribution in [0.2, 0.25) is 0 Å². The Hall–Kier alpha value is -0.430. The summed E-state index contributed by atoms with van der Waals surface area (Å²) in [6.45, 7) is 2.58. The molecule has 1 aliphatic rings. The Labute approximate surface area is 108 Å². The molecule has 0 saturated heterocycles. The maximum Gasteiger partial charge on any atom is 0.264 e. The topological polar surface area (TPSA) is 55.0 Å². The highest BCUT2D eigenvalue weighted by Gasteiger charge is 2.29. The van der Waals surface area contributed by atoms with E-state index in [0.29, 0.717) is 12.5 Å². The number of hydrogen-bond donors (Lipinski definition) is 1. The van der Waals surface area contributed by atoms with Gasteiger partial charge in [-0.15, -0.1) is 0 Å². The minimum absolute atomic E-state index is 0.0181. The molecular formula is C11H15IN2O2. The molecule has 4 nitrogen and oxygen atoms in total. The molecule has 1 aliphatic carbocycles. The standard InChI is InChI=1S/C11H15IN2O2/c1-6(5-16-2)10-13-9(7-3-4-7)8(12)11(15)14-10/h6-7H,3-5H2,1-2H3,(H,13,14,15). The van der Waals surface area contributed by atoms with Crippen molar-refractivity contribution in [3.8, 4) is 0 Å². The molecule has 2 rings (SSSR count). The van der Waals surface area contributed by atoms with Gasteiger partial charge in [0.1, 0.15) is 5.82 Å². The monoisotopic (exact) mass is 334 g/mol. The number of halogens is 1. The van der Waals surface area contributed by atoms with Gasteiger partial charge in [-0.1, -0.05) is 6.92 Å². The summed E-state index contributed by atoms with van der Waals surface area (Å²) in [6, 6.07) is 0. The number of hydrogen-bond acceptors (Lipinski definition) is 3. The molecule has 1 aromatic rings. The highest BCUT2D eigenvalue weighted by molar-refractivity contribution is 14.1. The van der Waals surface area contributed by atoms with E-state index in [-0.39, 0.29) is 11.5 Å². The predicted octanol–water partition coefficient (Wildman–Crippen LogP) is 2.00. The summed E-state index contributed by atoms with van der Waals surface area (Å²) in [7, 11) is 1.66. The zero-order chi connectivity index (χ0) is 11.7. The van der Waals surface area contributed by atoms with E-state index in [0.717, 1.165) is 27.9 Å². The van der Waals surface area contributed by atoms with Crippen LogP contribution in [0, 0.1) is 3.57 Å². The van der Waals surface area contributed by atoms with Gasteiger partial charge >= 0.3 is 0 Å². The Morgan fingerprint density at radius 2 is 2.31 bits per heavy atom. The van der Waals surface area contributed by atoms with E-state index in [2.05, 4.69) is 32.6 Å². The number of H-pyrrole nitrogens is 1. The first kappa shape index (κ1) is 12.0. The molecule has 0 aromatic carbocycles. The van der Waals surface area contributed by atoms with Crippen molar-refractivity contribution < 1.29 is 4.74 Å². The SMILES string of the molecule is COCC(C)c1nc(C2CC2)c(I)c(=O)[nH]1. The predicted molar refractivity (Wildman–Crippen MR) is 69.8 cm³/mol. The first-order valence-electron chi connectivity index (χ1n) is 5.42. The minimum Gasteiger partial charge on any atom is -0.384 e. The second-order valence-corrected chi connectivity index (χ2v) is 5.36. The number of ether oxygens (including phenoxy) is 1. The Morgan fingerprint density at radius 3 is 2.88 bits per heavy atom. The third kappa shape index (κ3) is 2.45. The van der Waals surface area contributed by atoms with Gasteiger partial charge in [0.2, 0.25) is 0 Å². The summed E-state index contributed by atoms with van der Waals surface area (Å²) in [4.78, 5) is 19.2. The molecule has 0 bridgehead atoms. The van der Waals surface area contributed by atoms with Gasteiger partial charge in [-0.2, -0.15) is 0 Å². The lowest BCUT2D eigenvalue weighted by Gasteiger charge is -2.11. The van der Waals surface area contributed by atoms with Crippen molar-refractivity contribution in [1.29, 1.82) is 0 Å². The third-order valence-corrected chi connectivity index (χ3v) is 3.80. The summed E-state index contributed by atoms with van der Waals surface area (Å²) in [5.74, 6) is 1.38. The summed E-state index contributed by atoms with van der Waals surface area (Å²) in [6.07, 6.45) is 2.31. The molecule has 1 atom stereocenters. The van der Waals surface area contributed by atoms with Crippen molar-refractivity contribution in [2.75, 3.05) is 13.7 Å². The van der Waals surface area contributed by atoms with Gasteiger partial charge in [-0.3, -0.25) is 4.79 Å². The largest absolute Gasteiger partial charge is 0.384 e. The van der Waals surface area contributed by atoms with Crippen LogP contribution in [0.15, 0.2) is 4.79 Å². The van der Waals surface area contributed by atoms with Gasteiger partial charge in [0.25, 0.3) is 5.56 Å². The van der Waals surface area contributed by atoms with Crippen LogP contribution in [0.3, 0.4) is 0 Å². The van der Waals surface area contributed by atoms with Crippen LogP contribution < -0.4 is 5.56 Å². The molecule has 0 spiro atoms. The molecule has 1 saturated carbocycles. The van der Waals surface area contributed by atoms with Crippen molar-refractivity contribution in [3.05, 3.63) is 25.4 Å². The average Bonchev–Trinajstić information content (AvgIpc) is 3.06. The number of aromatic nitrogens is 2. The Balaban J connectivity index is 2.36. The second-order valence-electron chi connectivity index (χ2n) is 4.28. The Morgan fingerprint density at radius 1 is 1.62 bits per heavy atom. The first-order chi connectivity index (χ1) is 7.63. The van der Waals surface area contributed by atoms with Crippen LogP contribution in [-0.4, -0.2) is 23.7 Å². The van der Waals surface area contributed by atoms with E-state index >= 15 is 0 Å². The molecule has 1 aromatic heterocycles. The number of nitrogens with one attached hydrogen (secondary N) is 1. The molecule has 1 fully saturated rings. The lowest BCUT2D eigenvalue weighted by Crippen LogP contribution is -2.20. The van der Waals surface area contributed by atoms with Crippen molar-refractivity contribution in [2.45, 2.75) is 31.6 Å². The second kappa shape index (κ2) is 4.83. The van der Waals surface area contributed by atoms with E-state index in [9.17, 15) is 4.79 Å². The highest BCUT2D eigenvalue weighted by atomic mass is 127. The summed E-state index contributed by atoms with van der Waals surface area (Å²) >= 11 is 2.08. The third-order valence-electron chi connectivity index (χ3n) is 2.75. The Bertz CT molecular complexity index is 440. The molecular weight excluding hydrogens is 319 g/mol. The molecule has 0 radical (unpaired) electrons. The number of aromatic amines is 1.